The van der Waals surface area contributed by atoms with E-state index >= 15 is 0 Å². The highest BCUT2D eigenvalue weighted by molar-refractivity contribution is 5.78. The molecule has 70 valence electrons. The Morgan fingerprint density at radius 2 is 2.33 bits per heavy atom. The molecule has 2 N–H and O–H groups in total. The van der Waals surface area contributed by atoms with Crippen molar-refractivity contribution in [3.05, 3.63) is 0 Å². The van der Waals surface area contributed by atoms with Gasteiger partial charge in [-0.05, 0) is 12.8 Å². The van der Waals surface area contributed by atoms with E-state index in [0.717, 1.165) is 12.8 Å². The highest BCUT2D eigenvalue weighted by atomic mass is 16.5. The number of ether oxygens (including phenoxy) is 1. The Morgan fingerprint density at radius 3 is 2.75 bits per heavy atom. The second-order valence-electron chi connectivity index (χ2n) is 3.04. The van der Waals surface area contributed by atoms with E-state index in [-0.39, 0.29) is 12.5 Å². The maximum atomic E-state index is 11.4. The highest BCUT2D eigenvalue weighted by Gasteiger charge is 2.31. The number of hydrogen-bond donors (Lipinski definition) is 1. The van der Waals surface area contributed by atoms with Crippen LogP contribution in [-0.2, 0) is 9.53 Å². The van der Waals surface area contributed by atoms with Crippen LogP contribution in [0.3, 0.4) is 0 Å². The molecule has 0 bridgehead atoms. The predicted molar refractivity (Wildman–Crippen MR) is 45.7 cm³/mol. The van der Waals surface area contributed by atoms with Crippen molar-refractivity contribution in [2.45, 2.75) is 18.9 Å². The minimum atomic E-state index is 0.0606. The molecule has 0 radical (unpaired) electrons. The van der Waals surface area contributed by atoms with E-state index in [0.29, 0.717) is 19.1 Å². The molecule has 0 saturated heterocycles. The maximum absolute atomic E-state index is 11.4. The Kier molecular flexibility index (Phi) is 3.49. The molecular weight excluding hydrogens is 156 g/mol. The van der Waals surface area contributed by atoms with Crippen LogP contribution in [0.2, 0.25) is 0 Å². The molecule has 1 aliphatic rings. The first-order valence-corrected chi connectivity index (χ1v) is 4.28. The Morgan fingerprint density at radius 1 is 1.67 bits per heavy atom. The summed E-state index contributed by atoms with van der Waals surface area (Å²) in [5.74, 6) is 0.0606. The summed E-state index contributed by atoms with van der Waals surface area (Å²) in [6, 6.07) is 0.441. The van der Waals surface area contributed by atoms with Crippen molar-refractivity contribution >= 4 is 5.91 Å². The van der Waals surface area contributed by atoms with Gasteiger partial charge in [0.2, 0.25) is 5.91 Å². The van der Waals surface area contributed by atoms with E-state index in [1.54, 1.807) is 0 Å². The van der Waals surface area contributed by atoms with Gasteiger partial charge in [-0.2, -0.15) is 0 Å². The molecule has 0 heterocycles. The van der Waals surface area contributed by atoms with Crippen LogP contribution in [-0.4, -0.2) is 43.7 Å². The van der Waals surface area contributed by atoms with Crippen molar-refractivity contribution in [2.24, 2.45) is 5.73 Å². The molecule has 4 heteroatoms. The number of methoxy groups -OCH3 is 1. The van der Waals surface area contributed by atoms with Gasteiger partial charge in [-0.1, -0.05) is 0 Å². The second kappa shape index (κ2) is 4.42. The van der Waals surface area contributed by atoms with E-state index in [1.807, 2.05) is 4.90 Å². The molecule has 0 atom stereocenters. The minimum Gasteiger partial charge on any atom is -0.375 e. The van der Waals surface area contributed by atoms with Gasteiger partial charge in [0.25, 0.3) is 0 Å². The molecule has 1 saturated carbocycles. The van der Waals surface area contributed by atoms with Crippen LogP contribution < -0.4 is 5.73 Å². The van der Waals surface area contributed by atoms with Crippen molar-refractivity contribution in [1.82, 2.24) is 4.90 Å². The lowest BCUT2D eigenvalue weighted by atomic mass is 10.4. The zero-order valence-electron chi connectivity index (χ0n) is 7.45. The summed E-state index contributed by atoms with van der Waals surface area (Å²) >= 11 is 0. The number of hydrogen-bond acceptors (Lipinski definition) is 3. The number of carbonyl (C=O) groups excluding carboxylic acids is 1. The van der Waals surface area contributed by atoms with Crippen molar-refractivity contribution in [3.63, 3.8) is 0 Å². The summed E-state index contributed by atoms with van der Waals surface area (Å²) in [5.41, 5.74) is 5.39. The van der Waals surface area contributed by atoms with Gasteiger partial charge in [0.15, 0.2) is 0 Å². The molecule has 0 aromatic rings. The molecule has 1 fully saturated rings. The largest absolute Gasteiger partial charge is 0.375 e. The first kappa shape index (κ1) is 9.48. The number of carbonyl (C=O) groups is 1. The Labute approximate surface area is 72.7 Å². The molecule has 0 unspecified atom stereocenters. The Balaban J connectivity index is 2.34. The summed E-state index contributed by atoms with van der Waals surface area (Å²) in [6.07, 6.45) is 2.24. The molecule has 0 aromatic carbocycles. The lowest BCUT2D eigenvalue weighted by molar-refractivity contribution is -0.135. The third kappa shape index (κ3) is 2.46. The van der Waals surface area contributed by atoms with Gasteiger partial charge in [-0.3, -0.25) is 4.79 Å². The van der Waals surface area contributed by atoms with Crippen LogP contribution in [0.5, 0.6) is 0 Å². The van der Waals surface area contributed by atoms with Crippen LogP contribution in [0.1, 0.15) is 12.8 Å². The van der Waals surface area contributed by atoms with E-state index in [2.05, 4.69) is 0 Å². The van der Waals surface area contributed by atoms with E-state index in [1.165, 1.54) is 7.11 Å². The molecule has 0 aliphatic heterocycles. The van der Waals surface area contributed by atoms with Gasteiger partial charge < -0.3 is 15.4 Å². The molecule has 4 nitrogen and oxygen atoms in total. The number of amides is 1. The quantitative estimate of drug-likeness (QED) is 0.613. The lowest BCUT2D eigenvalue weighted by Gasteiger charge is -2.20. The van der Waals surface area contributed by atoms with Crippen molar-refractivity contribution < 1.29 is 9.53 Å². The molecule has 1 aliphatic carbocycles. The van der Waals surface area contributed by atoms with Gasteiger partial charge in [0.1, 0.15) is 6.61 Å². The number of rotatable bonds is 5. The lowest BCUT2D eigenvalue weighted by Crippen LogP contribution is -2.39. The fraction of sp³-hybridized carbons (Fsp3) is 0.875. The number of nitrogens with zero attached hydrogens (tertiary/aromatic N) is 1. The molecule has 12 heavy (non-hydrogen) atoms. The van der Waals surface area contributed by atoms with E-state index in [4.69, 9.17) is 10.5 Å². The fourth-order valence-corrected chi connectivity index (χ4v) is 1.24. The van der Waals surface area contributed by atoms with Crippen LogP contribution in [0.15, 0.2) is 0 Å². The van der Waals surface area contributed by atoms with Gasteiger partial charge in [0, 0.05) is 26.2 Å². The minimum absolute atomic E-state index is 0.0606. The van der Waals surface area contributed by atoms with Crippen molar-refractivity contribution in [2.75, 3.05) is 26.8 Å². The first-order chi connectivity index (χ1) is 5.79. The molecular formula is C8H16N2O2. The number of nitrogens with two attached hydrogens (primary N) is 1. The smallest absolute Gasteiger partial charge is 0.248 e. The van der Waals surface area contributed by atoms with Crippen molar-refractivity contribution in [1.29, 1.82) is 0 Å². The standard InChI is InChI=1S/C8H16N2O2/c1-12-6-8(11)10(5-4-9)7-2-3-7/h7H,2-6,9H2,1H3. The zero-order chi connectivity index (χ0) is 8.97. The third-order valence-corrected chi connectivity index (χ3v) is 1.95. The summed E-state index contributed by atoms with van der Waals surface area (Å²) < 4.78 is 4.78. The highest BCUT2D eigenvalue weighted by Crippen LogP contribution is 2.26. The van der Waals surface area contributed by atoms with Gasteiger partial charge in [0.05, 0.1) is 0 Å². The van der Waals surface area contributed by atoms with E-state index < -0.39 is 0 Å². The van der Waals surface area contributed by atoms with Crippen LogP contribution in [0, 0.1) is 0 Å². The summed E-state index contributed by atoms with van der Waals surface area (Å²) in [6.45, 7) is 1.37. The topological polar surface area (TPSA) is 55.6 Å². The summed E-state index contributed by atoms with van der Waals surface area (Å²) in [5, 5.41) is 0. The van der Waals surface area contributed by atoms with E-state index in [9.17, 15) is 4.79 Å². The van der Waals surface area contributed by atoms with Crippen molar-refractivity contribution in [3.8, 4) is 0 Å². The average Bonchev–Trinajstić information content (AvgIpc) is 2.83. The monoisotopic (exact) mass is 172 g/mol. The first-order valence-electron chi connectivity index (χ1n) is 4.28. The molecule has 0 aromatic heterocycles. The van der Waals surface area contributed by atoms with Crippen LogP contribution >= 0.6 is 0 Å². The van der Waals surface area contributed by atoms with Gasteiger partial charge in [-0.25, -0.2) is 0 Å². The van der Waals surface area contributed by atoms with Gasteiger partial charge in [-0.15, -0.1) is 0 Å². The van der Waals surface area contributed by atoms with Gasteiger partial charge >= 0.3 is 0 Å². The Bertz CT molecular complexity index is 157. The SMILES string of the molecule is COCC(=O)N(CCN)C1CC1. The van der Waals surface area contributed by atoms with Crippen LogP contribution in [0.4, 0.5) is 0 Å². The summed E-state index contributed by atoms with van der Waals surface area (Å²) in [4.78, 5) is 13.2. The maximum Gasteiger partial charge on any atom is 0.248 e. The molecule has 1 rings (SSSR count). The molecule has 0 spiro atoms. The molecule has 1 amide bonds. The summed E-state index contributed by atoms with van der Waals surface area (Å²) in [7, 11) is 1.53. The van der Waals surface area contributed by atoms with Crippen LogP contribution in [0.25, 0.3) is 0 Å². The predicted octanol–water partition coefficient (Wildman–Crippen LogP) is -0.417. The average molecular weight is 172 g/mol. The fourth-order valence-electron chi connectivity index (χ4n) is 1.24. The normalized spacial score (nSPS) is 16.2. The Hall–Kier alpha value is -0.610. The third-order valence-electron chi connectivity index (χ3n) is 1.95. The zero-order valence-corrected chi connectivity index (χ0v) is 7.45. The second-order valence-corrected chi connectivity index (χ2v) is 3.04.